The molecule has 0 spiro atoms. The van der Waals surface area contributed by atoms with Crippen LogP contribution in [-0.2, 0) is 20.7 Å². The third kappa shape index (κ3) is 5.49. The Kier molecular flexibility index (Phi) is 6.40. The van der Waals surface area contributed by atoms with Gasteiger partial charge < -0.3 is 10.1 Å². The van der Waals surface area contributed by atoms with Crippen LogP contribution in [0, 0.1) is 11.3 Å². The molecular weight excluding hydrogens is 363 g/mol. The van der Waals surface area contributed by atoms with E-state index in [1.807, 2.05) is 6.07 Å². The maximum atomic E-state index is 12.1. The van der Waals surface area contributed by atoms with Gasteiger partial charge in [0.2, 0.25) is 0 Å². The zero-order valence-electron chi connectivity index (χ0n) is 13.3. The van der Waals surface area contributed by atoms with Crippen molar-refractivity contribution in [3.8, 4) is 6.07 Å². The number of nitriles is 1. The number of nitrogens with one attached hydrogen (secondary N) is 1. The number of hydrogen-bond acceptors (Lipinski definition) is 4. The fourth-order valence-electron chi connectivity index (χ4n) is 2.02. The quantitative estimate of drug-likeness (QED) is 0.800. The predicted octanol–water partition coefficient (Wildman–Crippen LogP) is 3.98. The molecule has 0 radical (unpaired) electrons. The Bertz CT molecular complexity index is 846. The van der Waals surface area contributed by atoms with Gasteiger partial charge in [0, 0.05) is 5.69 Å². The van der Waals surface area contributed by atoms with Gasteiger partial charge in [-0.2, -0.15) is 5.26 Å². The monoisotopic (exact) mass is 376 g/mol. The van der Waals surface area contributed by atoms with Crippen LogP contribution in [0.3, 0.4) is 0 Å². The smallest absolute Gasteiger partial charge is 0.311 e. The largest absolute Gasteiger partial charge is 0.452 e. The fourth-order valence-corrected chi connectivity index (χ4v) is 2.34. The summed E-state index contributed by atoms with van der Waals surface area (Å²) in [6, 6.07) is 13.2. The summed E-state index contributed by atoms with van der Waals surface area (Å²) in [7, 11) is 0. The summed E-state index contributed by atoms with van der Waals surface area (Å²) in [5.74, 6) is -1.05. The van der Waals surface area contributed by atoms with Crippen LogP contribution in [0.5, 0.6) is 0 Å². The van der Waals surface area contributed by atoms with Gasteiger partial charge in [0.15, 0.2) is 6.10 Å². The highest BCUT2D eigenvalue weighted by Gasteiger charge is 2.18. The molecule has 0 aliphatic rings. The molecule has 0 aromatic heterocycles. The van der Waals surface area contributed by atoms with Crippen molar-refractivity contribution < 1.29 is 14.3 Å². The Morgan fingerprint density at radius 1 is 1.20 bits per heavy atom. The molecule has 1 amide bonds. The number of halogens is 2. The topological polar surface area (TPSA) is 79.2 Å². The van der Waals surface area contributed by atoms with E-state index in [0.29, 0.717) is 26.9 Å². The minimum atomic E-state index is -0.985. The number of nitrogens with zero attached hydrogens (tertiary/aromatic N) is 1. The molecule has 0 saturated heterocycles. The van der Waals surface area contributed by atoms with Crippen LogP contribution < -0.4 is 5.32 Å². The summed E-state index contributed by atoms with van der Waals surface area (Å²) in [4.78, 5) is 24.0. The SMILES string of the molecule is C[C@H](OC(=O)Cc1ccc(Cl)c(Cl)c1)C(=O)Nc1cccc(C#N)c1. The number of ether oxygens (including phenoxy) is 1. The first-order chi connectivity index (χ1) is 11.9. The first kappa shape index (κ1) is 18.8. The molecule has 0 bridgehead atoms. The van der Waals surface area contributed by atoms with Gasteiger partial charge in [0.25, 0.3) is 5.91 Å². The second-order valence-electron chi connectivity index (χ2n) is 5.24. The van der Waals surface area contributed by atoms with Crippen LogP contribution in [0.25, 0.3) is 0 Å². The van der Waals surface area contributed by atoms with Crippen LogP contribution in [0.1, 0.15) is 18.1 Å². The highest BCUT2D eigenvalue weighted by atomic mass is 35.5. The van der Waals surface area contributed by atoms with Crippen molar-refractivity contribution in [2.75, 3.05) is 5.32 Å². The Labute approximate surface area is 155 Å². The van der Waals surface area contributed by atoms with E-state index in [1.165, 1.54) is 13.0 Å². The zero-order valence-corrected chi connectivity index (χ0v) is 14.8. The summed E-state index contributed by atoms with van der Waals surface area (Å²) >= 11 is 11.7. The standard InChI is InChI=1S/C18H14Cl2N2O3/c1-11(18(24)22-14-4-2-3-13(7-14)10-21)25-17(23)9-12-5-6-15(19)16(20)8-12/h2-8,11H,9H2,1H3,(H,22,24)/t11-/m0/s1. The van der Waals surface area contributed by atoms with Crippen LogP contribution in [-0.4, -0.2) is 18.0 Å². The van der Waals surface area contributed by atoms with E-state index >= 15 is 0 Å². The molecule has 5 nitrogen and oxygen atoms in total. The molecule has 128 valence electrons. The molecule has 0 heterocycles. The number of anilines is 1. The molecule has 0 saturated carbocycles. The minimum Gasteiger partial charge on any atom is -0.452 e. The van der Waals surface area contributed by atoms with E-state index in [-0.39, 0.29) is 6.42 Å². The van der Waals surface area contributed by atoms with E-state index < -0.39 is 18.0 Å². The lowest BCUT2D eigenvalue weighted by Crippen LogP contribution is -2.30. The van der Waals surface area contributed by atoms with Crippen LogP contribution in [0.15, 0.2) is 42.5 Å². The van der Waals surface area contributed by atoms with Gasteiger partial charge in [-0.1, -0.05) is 35.3 Å². The summed E-state index contributed by atoms with van der Waals surface area (Å²) in [5, 5.41) is 12.2. The lowest BCUT2D eigenvalue weighted by molar-refractivity contribution is -0.152. The first-order valence-corrected chi connectivity index (χ1v) is 8.09. The lowest BCUT2D eigenvalue weighted by atomic mass is 10.1. The number of esters is 1. The normalized spacial score (nSPS) is 11.3. The summed E-state index contributed by atoms with van der Waals surface area (Å²) < 4.78 is 5.12. The van der Waals surface area contributed by atoms with Gasteiger partial charge in [0.05, 0.1) is 28.1 Å². The van der Waals surface area contributed by atoms with Crippen molar-refractivity contribution in [1.82, 2.24) is 0 Å². The van der Waals surface area contributed by atoms with Gasteiger partial charge in [-0.15, -0.1) is 0 Å². The number of carbonyl (C=O) groups excluding carboxylic acids is 2. The van der Waals surface area contributed by atoms with Crippen LogP contribution in [0.4, 0.5) is 5.69 Å². The molecule has 1 atom stereocenters. The van der Waals surface area contributed by atoms with E-state index in [9.17, 15) is 9.59 Å². The van der Waals surface area contributed by atoms with Crippen LogP contribution in [0.2, 0.25) is 10.0 Å². The average molecular weight is 377 g/mol. The van der Waals surface area contributed by atoms with Gasteiger partial charge >= 0.3 is 5.97 Å². The second-order valence-corrected chi connectivity index (χ2v) is 6.05. The highest BCUT2D eigenvalue weighted by Crippen LogP contribution is 2.23. The van der Waals surface area contributed by atoms with Gasteiger partial charge in [-0.25, -0.2) is 0 Å². The molecule has 2 aromatic rings. The van der Waals surface area contributed by atoms with E-state index in [1.54, 1.807) is 36.4 Å². The molecular formula is C18H14Cl2N2O3. The van der Waals surface area contributed by atoms with Gasteiger partial charge in [-0.05, 0) is 42.8 Å². The van der Waals surface area contributed by atoms with E-state index in [0.717, 1.165) is 0 Å². The number of benzene rings is 2. The van der Waals surface area contributed by atoms with Crippen molar-refractivity contribution >= 4 is 40.8 Å². The minimum absolute atomic E-state index is 0.0293. The molecule has 0 aliphatic heterocycles. The lowest BCUT2D eigenvalue weighted by Gasteiger charge is -2.14. The third-order valence-electron chi connectivity index (χ3n) is 3.27. The Hall–Kier alpha value is -2.55. The van der Waals surface area contributed by atoms with Crippen molar-refractivity contribution in [3.63, 3.8) is 0 Å². The summed E-state index contributed by atoms with van der Waals surface area (Å²) in [6.07, 6.45) is -1.01. The Balaban J connectivity index is 1.92. The number of amides is 1. The van der Waals surface area contributed by atoms with Crippen molar-refractivity contribution in [2.45, 2.75) is 19.4 Å². The number of hydrogen-bond donors (Lipinski definition) is 1. The van der Waals surface area contributed by atoms with Gasteiger partial charge in [-0.3, -0.25) is 9.59 Å². The number of rotatable bonds is 5. The molecule has 1 N–H and O–H groups in total. The maximum Gasteiger partial charge on any atom is 0.311 e. The fraction of sp³-hybridized carbons (Fsp3) is 0.167. The zero-order chi connectivity index (χ0) is 18.4. The molecule has 0 fully saturated rings. The van der Waals surface area contributed by atoms with E-state index in [2.05, 4.69) is 5.32 Å². The highest BCUT2D eigenvalue weighted by molar-refractivity contribution is 6.42. The number of carbonyl (C=O) groups is 2. The molecule has 7 heteroatoms. The van der Waals surface area contributed by atoms with Crippen molar-refractivity contribution in [1.29, 1.82) is 5.26 Å². The Morgan fingerprint density at radius 3 is 2.64 bits per heavy atom. The molecule has 0 aliphatic carbocycles. The van der Waals surface area contributed by atoms with E-state index in [4.69, 9.17) is 33.2 Å². The van der Waals surface area contributed by atoms with Gasteiger partial charge in [0.1, 0.15) is 0 Å². The summed E-state index contributed by atoms with van der Waals surface area (Å²) in [5.41, 5.74) is 1.51. The maximum absolute atomic E-state index is 12.1. The first-order valence-electron chi connectivity index (χ1n) is 7.33. The van der Waals surface area contributed by atoms with Crippen molar-refractivity contribution in [2.24, 2.45) is 0 Å². The molecule has 25 heavy (non-hydrogen) atoms. The molecule has 2 rings (SSSR count). The van der Waals surface area contributed by atoms with Crippen LogP contribution >= 0.6 is 23.2 Å². The Morgan fingerprint density at radius 2 is 1.96 bits per heavy atom. The molecule has 2 aromatic carbocycles. The second kappa shape index (κ2) is 8.52. The predicted molar refractivity (Wildman–Crippen MR) is 95.5 cm³/mol. The average Bonchev–Trinajstić information content (AvgIpc) is 2.58. The summed E-state index contributed by atoms with van der Waals surface area (Å²) in [6.45, 7) is 1.47. The van der Waals surface area contributed by atoms with Crippen molar-refractivity contribution in [3.05, 3.63) is 63.6 Å². The third-order valence-corrected chi connectivity index (χ3v) is 4.01. The molecule has 0 unspecified atom stereocenters.